The average molecular weight is 438 g/mol. The number of carbonyl (C=O) groups is 1. The van der Waals surface area contributed by atoms with Crippen LogP contribution in [-0.2, 0) is 14.8 Å². The lowest BCUT2D eigenvalue weighted by molar-refractivity contribution is 0.0869. The van der Waals surface area contributed by atoms with Gasteiger partial charge in [-0.3, -0.25) is 4.79 Å². The van der Waals surface area contributed by atoms with Crippen molar-refractivity contribution >= 4 is 15.9 Å². The van der Waals surface area contributed by atoms with Crippen molar-refractivity contribution in [2.75, 3.05) is 33.8 Å². The largest absolute Gasteiger partial charge is 0.377 e. The molecule has 0 aromatic heterocycles. The van der Waals surface area contributed by atoms with Gasteiger partial charge in [-0.05, 0) is 64.0 Å². The first kappa shape index (κ1) is 23.2. The third kappa shape index (κ3) is 5.81. The van der Waals surface area contributed by atoms with Gasteiger partial charge in [0.05, 0.1) is 11.0 Å². The molecule has 8 heteroatoms. The van der Waals surface area contributed by atoms with E-state index in [1.807, 2.05) is 0 Å². The monoisotopic (exact) mass is 437 g/mol. The first-order valence-electron chi connectivity index (χ1n) is 11.0. The van der Waals surface area contributed by atoms with Crippen LogP contribution in [0.2, 0.25) is 0 Å². The van der Waals surface area contributed by atoms with E-state index in [0.29, 0.717) is 18.7 Å². The molecule has 0 bridgehead atoms. The molecule has 2 fully saturated rings. The molecule has 2 N–H and O–H groups in total. The highest BCUT2D eigenvalue weighted by atomic mass is 32.2. The molecule has 1 aliphatic heterocycles. The maximum Gasteiger partial charge on any atom is 0.251 e. The van der Waals surface area contributed by atoms with Crippen LogP contribution in [0.5, 0.6) is 0 Å². The van der Waals surface area contributed by atoms with Crippen molar-refractivity contribution < 1.29 is 17.9 Å². The fourth-order valence-electron chi connectivity index (χ4n) is 4.39. The van der Waals surface area contributed by atoms with Crippen molar-refractivity contribution in [1.82, 2.24) is 14.9 Å². The number of ether oxygens (including phenoxy) is 1. The molecule has 3 rings (SSSR count). The van der Waals surface area contributed by atoms with E-state index in [4.69, 9.17) is 4.74 Å². The minimum atomic E-state index is -3.61. The number of hydrogen-bond acceptors (Lipinski definition) is 5. The number of sulfonamides is 1. The van der Waals surface area contributed by atoms with E-state index in [-0.39, 0.29) is 29.0 Å². The van der Waals surface area contributed by atoms with Crippen molar-refractivity contribution in [2.45, 2.75) is 67.9 Å². The molecule has 1 aromatic carbocycles. The summed E-state index contributed by atoms with van der Waals surface area (Å²) >= 11 is 0. The molecule has 1 amide bonds. The Hall–Kier alpha value is -1.48. The van der Waals surface area contributed by atoms with Crippen LogP contribution in [0.3, 0.4) is 0 Å². The molecular weight excluding hydrogens is 402 g/mol. The molecule has 2 aliphatic rings. The lowest BCUT2D eigenvalue weighted by Crippen LogP contribution is -2.52. The number of amides is 1. The van der Waals surface area contributed by atoms with Gasteiger partial charge in [0.15, 0.2) is 0 Å². The average Bonchev–Trinajstić information content (AvgIpc) is 3.14. The van der Waals surface area contributed by atoms with Crippen LogP contribution in [0, 0.1) is 0 Å². The smallest absolute Gasteiger partial charge is 0.251 e. The summed E-state index contributed by atoms with van der Waals surface area (Å²) in [5, 5.41) is 3.08. The predicted molar refractivity (Wildman–Crippen MR) is 117 cm³/mol. The summed E-state index contributed by atoms with van der Waals surface area (Å²) < 4.78 is 33.0. The van der Waals surface area contributed by atoms with Gasteiger partial charge in [-0.1, -0.05) is 25.7 Å². The van der Waals surface area contributed by atoms with Crippen LogP contribution in [0.1, 0.15) is 61.7 Å². The molecule has 1 unspecified atom stereocenters. The van der Waals surface area contributed by atoms with Crippen LogP contribution < -0.4 is 10.0 Å². The normalized spacial score (nSPS) is 22.0. The summed E-state index contributed by atoms with van der Waals surface area (Å²) in [6.45, 7) is 1.56. The van der Waals surface area contributed by atoms with E-state index in [2.05, 4.69) is 29.0 Å². The predicted octanol–water partition coefficient (Wildman–Crippen LogP) is 2.53. The third-order valence-electron chi connectivity index (χ3n) is 6.51. The topological polar surface area (TPSA) is 87.7 Å². The maximum atomic E-state index is 12.7. The van der Waals surface area contributed by atoms with E-state index < -0.39 is 10.0 Å². The second kappa shape index (κ2) is 10.2. The summed E-state index contributed by atoms with van der Waals surface area (Å²) in [5.41, 5.74) is 0.456. The SMILES string of the molecule is CN(C)C1(CNC(=O)c2ccc(S(=O)(=O)NCC3CCCO3)cc2)CCCCCC1. The van der Waals surface area contributed by atoms with E-state index in [1.165, 1.54) is 37.8 Å². The number of carbonyl (C=O) groups excluding carboxylic acids is 1. The van der Waals surface area contributed by atoms with E-state index in [0.717, 1.165) is 25.7 Å². The standard InChI is InChI=1S/C22H35N3O4S/c1-25(2)22(13-5-3-4-6-14-22)17-23-21(26)18-9-11-20(12-10-18)30(27,28)24-16-19-8-7-15-29-19/h9-12,19,24H,3-8,13-17H2,1-2H3,(H,23,26). The van der Waals surface area contributed by atoms with Crippen molar-refractivity contribution in [3.05, 3.63) is 29.8 Å². The zero-order valence-electron chi connectivity index (χ0n) is 18.2. The Balaban J connectivity index is 1.58. The number of nitrogens with one attached hydrogen (secondary N) is 2. The zero-order chi connectivity index (χ0) is 21.6. The molecule has 30 heavy (non-hydrogen) atoms. The van der Waals surface area contributed by atoms with E-state index in [1.54, 1.807) is 12.1 Å². The molecule has 0 spiro atoms. The van der Waals surface area contributed by atoms with Crippen molar-refractivity contribution in [1.29, 1.82) is 0 Å². The molecule has 0 radical (unpaired) electrons. The van der Waals surface area contributed by atoms with Gasteiger partial charge in [0.2, 0.25) is 10.0 Å². The van der Waals surface area contributed by atoms with E-state index >= 15 is 0 Å². The van der Waals surface area contributed by atoms with Gasteiger partial charge in [0.1, 0.15) is 0 Å². The zero-order valence-corrected chi connectivity index (χ0v) is 19.0. The molecule has 1 atom stereocenters. The molecule has 1 aromatic rings. The molecule has 7 nitrogen and oxygen atoms in total. The molecule has 1 saturated carbocycles. The third-order valence-corrected chi connectivity index (χ3v) is 7.95. The van der Waals surface area contributed by atoms with Crippen LogP contribution in [0.15, 0.2) is 29.2 Å². The second-order valence-electron chi connectivity index (χ2n) is 8.73. The Morgan fingerprint density at radius 3 is 2.33 bits per heavy atom. The molecule has 168 valence electrons. The summed E-state index contributed by atoms with van der Waals surface area (Å²) in [6.07, 6.45) is 8.79. The Bertz CT molecular complexity index is 794. The quantitative estimate of drug-likeness (QED) is 0.610. The fourth-order valence-corrected chi connectivity index (χ4v) is 5.46. The number of benzene rings is 1. The maximum absolute atomic E-state index is 12.7. The number of likely N-dealkylation sites (N-methyl/N-ethyl adjacent to an activating group) is 1. The first-order valence-corrected chi connectivity index (χ1v) is 12.5. The summed E-state index contributed by atoms with van der Waals surface area (Å²) in [5.74, 6) is -0.170. The Morgan fingerprint density at radius 1 is 1.10 bits per heavy atom. The summed E-state index contributed by atoms with van der Waals surface area (Å²) in [6, 6.07) is 6.12. The van der Waals surface area contributed by atoms with Crippen LogP contribution in [0.25, 0.3) is 0 Å². The van der Waals surface area contributed by atoms with Gasteiger partial charge in [0.25, 0.3) is 5.91 Å². The van der Waals surface area contributed by atoms with Gasteiger partial charge < -0.3 is 15.0 Å². The van der Waals surface area contributed by atoms with Crippen molar-refractivity contribution in [2.24, 2.45) is 0 Å². The van der Waals surface area contributed by atoms with Crippen molar-refractivity contribution in [3.63, 3.8) is 0 Å². The molecular formula is C22H35N3O4S. The van der Waals surface area contributed by atoms with Crippen molar-refractivity contribution in [3.8, 4) is 0 Å². The molecule has 1 aliphatic carbocycles. The Morgan fingerprint density at radius 2 is 1.77 bits per heavy atom. The molecule has 1 saturated heterocycles. The number of rotatable bonds is 8. The first-order chi connectivity index (χ1) is 14.3. The minimum absolute atomic E-state index is 0.0122. The van der Waals surface area contributed by atoms with Gasteiger partial charge >= 0.3 is 0 Å². The highest BCUT2D eigenvalue weighted by Gasteiger charge is 2.33. The summed E-state index contributed by atoms with van der Waals surface area (Å²) in [7, 11) is 0.555. The second-order valence-corrected chi connectivity index (χ2v) is 10.5. The minimum Gasteiger partial charge on any atom is -0.377 e. The highest BCUT2D eigenvalue weighted by Crippen LogP contribution is 2.30. The van der Waals surface area contributed by atoms with Gasteiger partial charge in [-0.2, -0.15) is 0 Å². The van der Waals surface area contributed by atoms with Gasteiger partial charge in [-0.15, -0.1) is 0 Å². The van der Waals surface area contributed by atoms with Gasteiger partial charge in [-0.25, -0.2) is 13.1 Å². The van der Waals surface area contributed by atoms with Gasteiger partial charge in [0, 0.05) is 30.8 Å². The summed E-state index contributed by atoms with van der Waals surface area (Å²) in [4.78, 5) is 15.1. The Labute approximate surface area is 180 Å². The van der Waals surface area contributed by atoms with Crippen LogP contribution in [-0.4, -0.2) is 64.7 Å². The van der Waals surface area contributed by atoms with Crippen LogP contribution >= 0.6 is 0 Å². The number of nitrogens with zero attached hydrogens (tertiary/aromatic N) is 1. The fraction of sp³-hybridized carbons (Fsp3) is 0.682. The molecule has 1 heterocycles. The lowest BCUT2D eigenvalue weighted by atomic mass is 9.88. The van der Waals surface area contributed by atoms with Crippen LogP contribution in [0.4, 0.5) is 0 Å². The highest BCUT2D eigenvalue weighted by molar-refractivity contribution is 7.89. The van der Waals surface area contributed by atoms with E-state index in [9.17, 15) is 13.2 Å². The Kier molecular flexibility index (Phi) is 7.90. The number of hydrogen-bond donors (Lipinski definition) is 2. The lowest BCUT2D eigenvalue weighted by Gasteiger charge is -2.39.